The van der Waals surface area contributed by atoms with E-state index in [0.717, 1.165) is 0 Å². The molecular formula is C15H17F2NO5. The van der Waals surface area contributed by atoms with Crippen LogP contribution in [0.3, 0.4) is 0 Å². The van der Waals surface area contributed by atoms with Crippen molar-refractivity contribution in [1.29, 1.82) is 0 Å². The highest BCUT2D eigenvalue weighted by Gasteiger charge is 2.70. The van der Waals surface area contributed by atoms with Crippen molar-refractivity contribution in [2.75, 3.05) is 0 Å². The molecule has 4 atom stereocenters. The number of benzene rings is 1. The minimum Gasteiger partial charge on any atom is -0.481 e. The Hall–Kier alpha value is -2.06. The van der Waals surface area contributed by atoms with Crippen LogP contribution in [0.15, 0.2) is 24.3 Å². The molecule has 4 N–H and O–H groups in total. The van der Waals surface area contributed by atoms with Gasteiger partial charge < -0.3 is 20.7 Å². The van der Waals surface area contributed by atoms with Crippen molar-refractivity contribution in [2.24, 2.45) is 11.7 Å². The van der Waals surface area contributed by atoms with Crippen molar-refractivity contribution < 1.29 is 33.3 Å². The first-order valence-electron chi connectivity index (χ1n) is 7.01. The minimum atomic E-state index is -2.54. The Morgan fingerprint density at radius 2 is 2.09 bits per heavy atom. The van der Waals surface area contributed by atoms with Crippen LogP contribution < -0.4 is 5.73 Å². The monoisotopic (exact) mass is 329 g/mol. The van der Waals surface area contributed by atoms with E-state index < -0.39 is 47.9 Å². The third kappa shape index (κ3) is 3.83. The molecule has 0 aliphatic heterocycles. The van der Waals surface area contributed by atoms with Crippen LogP contribution >= 0.6 is 0 Å². The number of halogens is 2. The summed E-state index contributed by atoms with van der Waals surface area (Å²) in [6.07, 6.45) is -1.47. The number of rotatable bonds is 8. The lowest BCUT2D eigenvalue weighted by Gasteiger charge is -2.16. The lowest BCUT2D eigenvalue weighted by atomic mass is 10.1. The topological polar surface area (TPSA) is 110 Å². The highest BCUT2D eigenvalue weighted by molar-refractivity contribution is 5.83. The van der Waals surface area contributed by atoms with Crippen LogP contribution in [0.1, 0.15) is 18.4 Å². The zero-order valence-electron chi connectivity index (χ0n) is 12.1. The van der Waals surface area contributed by atoms with Crippen LogP contribution in [-0.2, 0) is 20.9 Å². The molecule has 0 bridgehead atoms. The molecule has 4 unspecified atom stereocenters. The van der Waals surface area contributed by atoms with E-state index in [1.54, 1.807) is 6.07 Å². The highest BCUT2D eigenvalue weighted by atomic mass is 19.1. The minimum absolute atomic E-state index is 0.0655. The van der Waals surface area contributed by atoms with Gasteiger partial charge in [-0.25, -0.2) is 13.6 Å². The van der Waals surface area contributed by atoms with Gasteiger partial charge >= 0.3 is 11.9 Å². The quantitative estimate of drug-likeness (QED) is 0.664. The average molecular weight is 329 g/mol. The first-order valence-corrected chi connectivity index (χ1v) is 7.01. The maximum absolute atomic E-state index is 14.0. The molecule has 0 amide bonds. The fourth-order valence-electron chi connectivity index (χ4n) is 2.60. The van der Waals surface area contributed by atoms with Gasteiger partial charge in [0.2, 0.25) is 5.67 Å². The third-order valence-corrected chi connectivity index (χ3v) is 3.97. The number of hydrogen-bond donors (Lipinski definition) is 3. The van der Waals surface area contributed by atoms with Gasteiger partial charge in [-0.05, 0) is 24.1 Å². The fourth-order valence-corrected chi connectivity index (χ4v) is 2.60. The standard InChI is InChI=1S/C15H17F2NO5/c16-9-3-1-2-8(4-9)7-23-10(6-12(19)20)5-11-13(18)15(11,17)14(21)22/h1-4,10-11,13H,5-7,18H2,(H,19,20)(H,21,22). The van der Waals surface area contributed by atoms with E-state index in [4.69, 9.17) is 20.7 Å². The summed E-state index contributed by atoms with van der Waals surface area (Å²) in [5.74, 6) is -4.28. The summed E-state index contributed by atoms with van der Waals surface area (Å²) in [6.45, 7) is -0.0655. The predicted molar refractivity (Wildman–Crippen MR) is 74.8 cm³/mol. The second-order valence-electron chi connectivity index (χ2n) is 5.60. The van der Waals surface area contributed by atoms with Crippen molar-refractivity contribution in [1.82, 2.24) is 0 Å². The second-order valence-corrected chi connectivity index (χ2v) is 5.60. The summed E-state index contributed by atoms with van der Waals surface area (Å²) in [7, 11) is 0. The first-order chi connectivity index (χ1) is 10.7. The van der Waals surface area contributed by atoms with Crippen molar-refractivity contribution in [3.8, 4) is 0 Å². The Labute approximate surface area is 130 Å². The Morgan fingerprint density at radius 3 is 2.61 bits per heavy atom. The predicted octanol–water partition coefficient (Wildman–Crippen LogP) is 1.33. The van der Waals surface area contributed by atoms with Crippen molar-refractivity contribution in [2.45, 2.75) is 37.3 Å². The van der Waals surface area contributed by atoms with Gasteiger partial charge in [-0.3, -0.25) is 4.79 Å². The third-order valence-electron chi connectivity index (χ3n) is 3.97. The van der Waals surface area contributed by atoms with Crippen LogP contribution in [0.2, 0.25) is 0 Å². The SMILES string of the molecule is NC1C(CC(CC(=O)O)OCc2cccc(F)c2)C1(F)C(=O)O. The van der Waals surface area contributed by atoms with E-state index in [1.807, 2.05) is 0 Å². The molecular weight excluding hydrogens is 312 g/mol. The number of hydrogen-bond acceptors (Lipinski definition) is 4. The molecule has 0 heterocycles. The first kappa shape index (κ1) is 17.3. The van der Waals surface area contributed by atoms with E-state index in [1.165, 1.54) is 18.2 Å². The summed E-state index contributed by atoms with van der Waals surface area (Å²) < 4.78 is 32.5. The number of carboxylic acid groups (broad SMARTS) is 2. The maximum atomic E-state index is 14.0. The molecule has 1 fully saturated rings. The number of carboxylic acids is 2. The highest BCUT2D eigenvalue weighted by Crippen LogP contribution is 2.49. The fraction of sp³-hybridized carbons (Fsp3) is 0.467. The Bertz CT molecular complexity index is 611. The van der Waals surface area contributed by atoms with E-state index in [0.29, 0.717) is 5.56 Å². The largest absolute Gasteiger partial charge is 0.481 e. The molecule has 23 heavy (non-hydrogen) atoms. The van der Waals surface area contributed by atoms with Crippen molar-refractivity contribution in [3.05, 3.63) is 35.6 Å². The zero-order valence-corrected chi connectivity index (χ0v) is 12.1. The molecule has 1 aliphatic rings. The van der Waals surface area contributed by atoms with Crippen LogP contribution in [-0.4, -0.2) is 40.0 Å². The molecule has 6 nitrogen and oxygen atoms in total. The Balaban J connectivity index is 1.98. The lowest BCUT2D eigenvalue weighted by Crippen LogP contribution is -2.26. The van der Waals surface area contributed by atoms with Gasteiger partial charge in [0.25, 0.3) is 0 Å². The summed E-state index contributed by atoms with van der Waals surface area (Å²) in [6, 6.07) is 4.38. The molecule has 0 spiro atoms. The van der Waals surface area contributed by atoms with E-state index in [2.05, 4.69) is 0 Å². The van der Waals surface area contributed by atoms with Crippen LogP contribution in [0.4, 0.5) is 8.78 Å². The van der Waals surface area contributed by atoms with Gasteiger partial charge in [0.15, 0.2) is 0 Å². The molecule has 0 radical (unpaired) electrons. The van der Waals surface area contributed by atoms with E-state index in [9.17, 15) is 18.4 Å². The summed E-state index contributed by atoms with van der Waals surface area (Å²) >= 11 is 0. The molecule has 8 heteroatoms. The average Bonchev–Trinajstić information content (AvgIpc) is 2.99. The van der Waals surface area contributed by atoms with Gasteiger partial charge in [0, 0.05) is 5.92 Å². The van der Waals surface area contributed by atoms with E-state index >= 15 is 0 Å². The molecule has 2 rings (SSSR count). The number of aliphatic carboxylic acids is 2. The van der Waals surface area contributed by atoms with Gasteiger partial charge in [0.05, 0.1) is 25.2 Å². The van der Waals surface area contributed by atoms with Crippen LogP contribution in [0.25, 0.3) is 0 Å². The van der Waals surface area contributed by atoms with Gasteiger partial charge in [-0.15, -0.1) is 0 Å². The van der Waals surface area contributed by atoms with Crippen molar-refractivity contribution in [3.63, 3.8) is 0 Å². The number of ether oxygens (including phenoxy) is 1. The lowest BCUT2D eigenvalue weighted by molar-refractivity contribution is -0.145. The van der Waals surface area contributed by atoms with Gasteiger partial charge in [-0.1, -0.05) is 12.1 Å². The molecule has 1 aromatic carbocycles. The number of carbonyl (C=O) groups is 2. The van der Waals surface area contributed by atoms with Crippen LogP contribution in [0.5, 0.6) is 0 Å². The van der Waals surface area contributed by atoms with E-state index in [-0.39, 0.29) is 13.0 Å². The molecule has 1 saturated carbocycles. The molecule has 0 saturated heterocycles. The summed E-state index contributed by atoms with van der Waals surface area (Å²) in [4.78, 5) is 21.7. The second kappa shape index (κ2) is 6.59. The molecule has 0 aromatic heterocycles. The van der Waals surface area contributed by atoms with Gasteiger partial charge in [0.1, 0.15) is 5.82 Å². The molecule has 126 valence electrons. The summed E-state index contributed by atoms with van der Waals surface area (Å²) in [5, 5.41) is 17.7. The van der Waals surface area contributed by atoms with Gasteiger partial charge in [-0.2, -0.15) is 0 Å². The maximum Gasteiger partial charge on any atom is 0.343 e. The normalized spacial score (nSPS) is 27.4. The smallest absolute Gasteiger partial charge is 0.343 e. The Kier molecular flexibility index (Phi) is 4.96. The zero-order chi connectivity index (χ0) is 17.2. The number of alkyl halides is 1. The molecule has 1 aliphatic carbocycles. The Morgan fingerprint density at radius 1 is 1.39 bits per heavy atom. The molecule has 1 aromatic rings. The number of nitrogens with two attached hydrogens (primary N) is 1. The van der Waals surface area contributed by atoms with Crippen LogP contribution in [0, 0.1) is 11.7 Å². The van der Waals surface area contributed by atoms with Crippen molar-refractivity contribution >= 4 is 11.9 Å². The summed E-state index contributed by atoms with van der Waals surface area (Å²) in [5.41, 5.74) is 3.39.